The van der Waals surface area contributed by atoms with Crippen molar-refractivity contribution in [3.8, 4) is 23.1 Å². The van der Waals surface area contributed by atoms with Crippen LogP contribution in [0.2, 0.25) is 0 Å². The first-order chi connectivity index (χ1) is 12.8. The number of ether oxygens (including phenoxy) is 1. The predicted octanol–water partition coefficient (Wildman–Crippen LogP) is 4.56. The molecule has 0 aliphatic carbocycles. The third-order valence-electron chi connectivity index (χ3n) is 4.07. The maximum atomic E-state index is 13.3. The van der Waals surface area contributed by atoms with Crippen LogP contribution in [0.4, 0.5) is 13.2 Å². The van der Waals surface area contributed by atoms with E-state index in [0.29, 0.717) is 0 Å². The molecule has 0 aliphatic rings. The Kier molecular flexibility index (Phi) is 4.86. The minimum atomic E-state index is -4.57. The summed E-state index contributed by atoms with van der Waals surface area (Å²) in [5, 5.41) is 18.6. The molecule has 3 rings (SSSR count). The number of nitrogens with zero attached hydrogens (tertiary/aromatic N) is 3. The lowest BCUT2D eigenvalue weighted by atomic mass is 10.1. The van der Waals surface area contributed by atoms with Crippen molar-refractivity contribution < 1.29 is 17.9 Å². The summed E-state index contributed by atoms with van der Waals surface area (Å²) in [6.45, 7) is 3.96. The van der Waals surface area contributed by atoms with E-state index >= 15 is 0 Å². The highest BCUT2D eigenvalue weighted by molar-refractivity contribution is 5.67. The van der Waals surface area contributed by atoms with Gasteiger partial charge in [-0.3, -0.25) is 0 Å². The predicted molar refractivity (Wildman–Crippen MR) is 91.8 cm³/mol. The number of rotatable bonds is 4. The second-order valence-electron chi connectivity index (χ2n) is 6.11. The van der Waals surface area contributed by atoms with Crippen LogP contribution >= 0.6 is 0 Å². The molecule has 8 heteroatoms. The van der Waals surface area contributed by atoms with Crippen molar-refractivity contribution in [3.63, 3.8) is 0 Å². The zero-order valence-electron chi connectivity index (χ0n) is 14.6. The van der Waals surface area contributed by atoms with E-state index < -0.39 is 11.7 Å². The normalized spacial score (nSPS) is 11.3. The van der Waals surface area contributed by atoms with Crippen molar-refractivity contribution in [1.29, 1.82) is 5.26 Å². The fraction of sp³-hybridized carbons (Fsp3) is 0.211. The van der Waals surface area contributed by atoms with Crippen LogP contribution in [0.25, 0.3) is 11.3 Å². The fourth-order valence-electron chi connectivity index (χ4n) is 2.61. The summed E-state index contributed by atoms with van der Waals surface area (Å²) in [7, 11) is 0. The number of benzene rings is 2. The molecular weight excluding hydrogens is 357 g/mol. The van der Waals surface area contributed by atoms with Gasteiger partial charge >= 0.3 is 6.18 Å². The van der Waals surface area contributed by atoms with Gasteiger partial charge in [-0.15, -0.1) is 5.10 Å². The van der Waals surface area contributed by atoms with Crippen molar-refractivity contribution in [2.75, 3.05) is 0 Å². The average Bonchev–Trinajstić information content (AvgIpc) is 3.10. The van der Waals surface area contributed by atoms with Gasteiger partial charge < -0.3 is 4.74 Å². The average molecular weight is 372 g/mol. The summed E-state index contributed by atoms with van der Waals surface area (Å²) >= 11 is 0. The molecular formula is C19H15F3N4O. The van der Waals surface area contributed by atoms with Crippen LogP contribution in [0.5, 0.6) is 5.75 Å². The first-order valence-electron chi connectivity index (χ1n) is 8.00. The van der Waals surface area contributed by atoms with Gasteiger partial charge in [0, 0.05) is 5.56 Å². The van der Waals surface area contributed by atoms with Gasteiger partial charge in [0.15, 0.2) is 5.69 Å². The number of halogens is 3. The summed E-state index contributed by atoms with van der Waals surface area (Å²) in [6, 6.07) is 10.9. The molecule has 0 aliphatic heterocycles. The monoisotopic (exact) mass is 372 g/mol. The van der Waals surface area contributed by atoms with Crippen molar-refractivity contribution >= 4 is 0 Å². The maximum absolute atomic E-state index is 13.3. The van der Waals surface area contributed by atoms with Crippen LogP contribution in [0.3, 0.4) is 0 Å². The maximum Gasteiger partial charge on any atom is 0.416 e. The Hall–Kier alpha value is -3.34. The lowest BCUT2D eigenvalue weighted by Crippen LogP contribution is -2.06. The molecule has 0 amide bonds. The number of hydrogen-bond acceptors (Lipinski definition) is 4. The number of H-pyrrole nitrogens is 1. The summed E-state index contributed by atoms with van der Waals surface area (Å²) in [4.78, 5) is 0. The topological polar surface area (TPSA) is 74.6 Å². The highest BCUT2D eigenvalue weighted by Gasteiger charge is 2.32. The number of nitriles is 1. The molecule has 1 heterocycles. The standard InChI is InChI=1S/C19H15F3N4O/c1-11-3-4-12(2)14(5-11)10-27-16-7-13(6-15(8-16)19(20,21)22)18-17(9-23)24-26-25-18/h3-8H,10H2,1-2H3,(H,24,25,26). The third-order valence-corrected chi connectivity index (χ3v) is 4.07. The van der Waals surface area contributed by atoms with E-state index in [4.69, 9.17) is 10.00 Å². The largest absolute Gasteiger partial charge is 0.489 e. The Morgan fingerprint density at radius 2 is 1.93 bits per heavy atom. The lowest BCUT2D eigenvalue weighted by molar-refractivity contribution is -0.137. The lowest BCUT2D eigenvalue weighted by Gasteiger charge is -2.14. The van der Waals surface area contributed by atoms with E-state index in [1.54, 1.807) is 0 Å². The zero-order chi connectivity index (χ0) is 19.6. The molecule has 0 unspecified atom stereocenters. The van der Waals surface area contributed by atoms with Gasteiger partial charge in [0.2, 0.25) is 0 Å². The van der Waals surface area contributed by atoms with Crippen LogP contribution in [0.15, 0.2) is 36.4 Å². The summed E-state index contributed by atoms with van der Waals surface area (Å²) < 4.78 is 45.5. The number of nitrogens with one attached hydrogen (secondary N) is 1. The van der Waals surface area contributed by atoms with Gasteiger partial charge in [-0.2, -0.15) is 18.4 Å². The number of aromatic nitrogens is 3. The molecule has 1 N–H and O–H groups in total. The van der Waals surface area contributed by atoms with Crippen molar-refractivity contribution in [1.82, 2.24) is 15.4 Å². The van der Waals surface area contributed by atoms with Crippen molar-refractivity contribution in [2.45, 2.75) is 26.6 Å². The van der Waals surface area contributed by atoms with E-state index in [1.165, 1.54) is 6.07 Å². The molecule has 1 aromatic heterocycles. The molecule has 0 saturated heterocycles. The first kappa shape index (κ1) is 18.5. The highest BCUT2D eigenvalue weighted by atomic mass is 19.4. The van der Waals surface area contributed by atoms with E-state index in [1.807, 2.05) is 38.1 Å². The quantitative estimate of drug-likeness (QED) is 0.729. The molecule has 138 valence electrons. The molecule has 0 saturated carbocycles. The molecule has 27 heavy (non-hydrogen) atoms. The van der Waals surface area contributed by atoms with E-state index in [2.05, 4.69) is 15.4 Å². The van der Waals surface area contributed by atoms with Gasteiger partial charge in [-0.25, -0.2) is 5.10 Å². The first-order valence-corrected chi connectivity index (χ1v) is 8.00. The number of aromatic amines is 1. The summed E-state index contributed by atoms with van der Waals surface area (Å²) in [5.41, 5.74) is 2.14. The Balaban J connectivity index is 1.98. The summed E-state index contributed by atoms with van der Waals surface area (Å²) in [5.74, 6) is 0.0348. The molecule has 3 aromatic rings. The van der Waals surface area contributed by atoms with Crippen LogP contribution in [0.1, 0.15) is 27.9 Å². The van der Waals surface area contributed by atoms with Gasteiger partial charge in [0.05, 0.1) is 5.56 Å². The Morgan fingerprint density at radius 3 is 2.63 bits per heavy atom. The fourth-order valence-corrected chi connectivity index (χ4v) is 2.61. The second-order valence-corrected chi connectivity index (χ2v) is 6.11. The van der Waals surface area contributed by atoms with Crippen LogP contribution < -0.4 is 4.74 Å². The van der Waals surface area contributed by atoms with E-state index in [0.717, 1.165) is 28.8 Å². The van der Waals surface area contributed by atoms with E-state index in [-0.39, 0.29) is 29.3 Å². The molecule has 0 bridgehead atoms. The van der Waals surface area contributed by atoms with Gasteiger partial charge in [0.25, 0.3) is 0 Å². The van der Waals surface area contributed by atoms with Gasteiger partial charge in [-0.1, -0.05) is 29.0 Å². The van der Waals surface area contributed by atoms with Crippen LogP contribution in [-0.4, -0.2) is 15.4 Å². The summed E-state index contributed by atoms with van der Waals surface area (Å²) in [6.07, 6.45) is -4.57. The van der Waals surface area contributed by atoms with Crippen LogP contribution in [-0.2, 0) is 12.8 Å². The molecule has 0 atom stereocenters. The molecule has 0 fully saturated rings. The minimum absolute atomic E-state index is 0.0187. The smallest absolute Gasteiger partial charge is 0.416 e. The van der Waals surface area contributed by atoms with Crippen molar-refractivity contribution in [2.24, 2.45) is 0 Å². The third kappa shape index (κ3) is 4.08. The van der Waals surface area contributed by atoms with Gasteiger partial charge in [-0.05, 0) is 43.2 Å². The number of alkyl halides is 3. The Morgan fingerprint density at radius 1 is 1.15 bits per heavy atom. The Labute approximate surface area is 153 Å². The van der Waals surface area contributed by atoms with Crippen LogP contribution in [0, 0.1) is 25.2 Å². The van der Waals surface area contributed by atoms with Gasteiger partial charge in [0.1, 0.15) is 24.1 Å². The SMILES string of the molecule is Cc1ccc(C)c(COc2cc(-c3nn[nH]c3C#N)cc(C(F)(F)F)c2)c1. The molecule has 5 nitrogen and oxygen atoms in total. The zero-order valence-corrected chi connectivity index (χ0v) is 14.6. The van der Waals surface area contributed by atoms with E-state index in [9.17, 15) is 13.2 Å². The molecule has 2 aromatic carbocycles. The highest BCUT2D eigenvalue weighted by Crippen LogP contribution is 2.36. The van der Waals surface area contributed by atoms with Crippen molar-refractivity contribution in [3.05, 3.63) is 64.3 Å². The Bertz CT molecular complexity index is 1020. The molecule has 0 radical (unpaired) electrons. The number of hydrogen-bond donors (Lipinski definition) is 1. The number of aryl methyl sites for hydroxylation is 2. The minimum Gasteiger partial charge on any atom is -0.489 e. The molecule has 0 spiro atoms. The second kappa shape index (κ2) is 7.11.